The van der Waals surface area contributed by atoms with Crippen molar-refractivity contribution in [1.29, 1.82) is 0 Å². The molecule has 0 aromatic heterocycles. The third-order valence-electron chi connectivity index (χ3n) is 6.74. The van der Waals surface area contributed by atoms with E-state index >= 15 is 0 Å². The summed E-state index contributed by atoms with van der Waals surface area (Å²) in [7, 11) is 1.11. The molecule has 208 valence electrons. The molecule has 2 aliphatic rings. The molecule has 2 aromatic rings. The number of benzene rings is 2. The van der Waals surface area contributed by atoms with E-state index in [0.29, 0.717) is 44.7 Å². The molecule has 0 saturated carbocycles. The molecule has 2 aliphatic heterocycles. The van der Waals surface area contributed by atoms with Crippen LogP contribution >= 0.6 is 0 Å². The predicted molar refractivity (Wildman–Crippen MR) is 133 cm³/mol. The number of alkyl halides is 3. The molecule has 12 heteroatoms. The fraction of sp³-hybridized carbons (Fsp3) is 0.500. The van der Waals surface area contributed by atoms with Gasteiger partial charge in [0.2, 0.25) is 0 Å². The quantitative estimate of drug-likeness (QED) is 0.470. The van der Waals surface area contributed by atoms with Crippen molar-refractivity contribution in [3.63, 3.8) is 0 Å². The Hall–Kier alpha value is -2.67. The Morgan fingerprint density at radius 1 is 1.03 bits per heavy atom. The van der Waals surface area contributed by atoms with Crippen molar-refractivity contribution in [3.05, 3.63) is 53.1 Å². The van der Waals surface area contributed by atoms with Crippen molar-refractivity contribution in [2.75, 3.05) is 33.9 Å². The number of carbonyl (C=O) groups is 1. The minimum Gasteiger partial charge on any atom is -0.493 e. The van der Waals surface area contributed by atoms with Gasteiger partial charge < -0.3 is 14.2 Å². The molecule has 8 nitrogen and oxygen atoms in total. The molecule has 2 saturated heterocycles. The fourth-order valence-electron chi connectivity index (χ4n) is 4.68. The first-order valence-corrected chi connectivity index (χ1v) is 13.5. The summed E-state index contributed by atoms with van der Waals surface area (Å²) in [6, 6.07) is 8.35. The van der Waals surface area contributed by atoms with Gasteiger partial charge in [-0.3, -0.25) is 4.79 Å². The highest BCUT2D eigenvalue weighted by Crippen LogP contribution is 2.37. The third kappa shape index (κ3) is 6.48. The van der Waals surface area contributed by atoms with Crippen LogP contribution in [0.1, 0.15) is 59.5 Å². The van der Waals surface area contributed by atoms with E-state index in [1.165, 1.54) is 26.4 Å². The third-order valence-corrected chi connectivity index (χ3v) is 8.29. The van der Waals surface area contributed by atoms with E-state index in [2.05, 4.69) is 5.48 Å². The van der Waals surface area contributed by atoms with Gasteiger partial charge in [-0.25, -0.2) is 18.8 Å². The van der Waals surface area contributed by atoms with Gasteiger partial charge in [0.15, 0.2) is 17.8 Å². The summed E-state index contributed by atoms with van der Waals surface area (Å²) in [5, 5.41) is 0. The van der Waals surface area contributed by atoms with E-state index in [0.717, 1.165) is 30.5 Å². The highest BCUT2D eigenvalue weighted by molar-refractivity contribution is 7.82. The zero-order valence-corrected chi connectivity index (χ0v) is 22.0. The summed E-state index contributed by atoms with van der Waals surface area (Å²) in [4.78, 5) is 18.9. The first-order chi connectivity index (χ1) is 18.2. The van der Waals surface area contributed by atoms with Crippen molar-refractivity contribution >= 4 is 16.9 Å². The average molecular weight is 557 g/mol. The fourth-order valence-corrected chi connectivity index (χ4v) is 6.05. The van der Waals surface area contributed by atoms with Gasteiger partial charge in [-0.1, -0.05) is 12.1 Å². The molecule has 2 fully saturated rings. The van der Waals surface area contributed by atoms with Gasteiger partial charge in [-0.05, 0) is 61.4 Å². The molecule has 0 radical (unpaired) electrons. The van der Waals surface area contributed by atoms with Crippen molar-refractivity contribution < 1.29 is 41.2 Å². The summed E-state index contributed by atoms with van der Waals surface area (Å²) < 4.78 is 70.4. The van der Waals surface area contributed by atoms with Gasteiger partial charge >= 0.3 is 6.18 Å². The molecule has 2 aromatic carbocycles. The Morgan fingerprint density at radius 2 is 1.74 bits per heavy atom. The van der Waals surface area contributed by atoms with Crippen molar-refractivity contribution in [1.82, 2.24) is 9.79 Å². The van der Waals surface area contributed by atoms with Gasteiger partial charge in [0.1, 0.15) is 16.5 Å². The van der Waals surface area contributed by atoms with Gasteiger partial charge in [0.25, 0.3) is 5.91 Å². The molecule has 1 N–H and O–H groups in total. The largest absolute Gasteiger partial charge is 0.493 e. The zero-order valence-electron chi connectivity index (χ0n) is 21.2. The van der Waals surface area contributed by atoms with Crippen LogP contribution in [0, 0.1) is 0 Å². The normalized spacial score (nSPS) is 20.1. The van der Waals surface area contributed by atoms with E-state index in [1.54, 1.807) is 16.4 Å². The van der Waals surface area contributed by atoms with E-state index in [-0.39, 0.29) is 22.1 Å². The maximum atomic E-state index is 13.7. The molecule has 1 amide bonds. The Morgan fingerprint density at radius 3 is 2.32 bits per heavy atom. The molecular weight excluding hydrogens is 525 g/mol. The van der Waals surface area contributed by atoms with Crippen LogP contribution in [-0.4, -0.2) is 54.6 Å². The number of nitrogens with one attached hydrogen (secondary N) is 1. The highest BCUT2D eigenvalue weighted by Gasteiger charge is 2.32. The number of methoxy groups -OCH3 is 2. The van der Waals surface area contributed by atoms with Crippen LogP contribution in [0.3, 0.4) is 0 Å². The number of rotatable bonds is 8. The lowest BCUT2D eigenvalue weighted by molar-refractivity contribution is -0.186. The van der Waals surface area contributed by atoms with Crippen molar-refractivity contribution in [2.45, 2.75) is 55.4 Å². The van der Waals surface area contributed by atoms with E-state index in [4.69, 9.17) is 19.0 Å². The maximum absolute atomic E-state index is 13.7. The average Bonchev–Trinajstić information content (AvgIpc) is 2.95. The van der Waals surface area contributed by atoms with Gasteiger partial charge in [-0.2, -0.15) is 13.2 Å². The number of hydrogen-bond acceptors (Lipinski definition) is 6. The van der Waals surface area contributed by atoms with Gasteiger partial charge in [0.05, 0.1) is 24.7 Å². The molecular formula is C26H31F3N2O6S. The van der Waals surface area contributed by atoms with Crippen LogP contribution in [0.5, 0.6) is 11.5 Å². The number of hydroxylamine groups is 1. The number of amides is 1. The molecule has 0 spiro atoms. The van der Waals surface area contributed by atoms with Crippen LogP contribution in [-0.2, 0) is 26.7 Å². The lowest BCUT2D eigenvalue weighted by Crippen LogP contribution is -2.36. The number of halogens is 3. The molecule has 38 heavy (non-hydrogen) atoms. The smallest absolute Gasteiger partial charge is 0.416 e. The second-order valence-electron chi connectivity index (χ2n) is 9.09. The monoisotopic (exact) mass is 556 g/mol. The minimum atomic E-state index is -4.38. The Balaban J connectivity index is 1.48. The molecule has 2 unspecified atom stereocenters. The summed E-state index contributed by atoms with van der Waals surface area (Å²) in [6.07, 6.45) is -1.25. The van der Waals surface area contributed by atoms with Gasteiger partial charge in [-0.15, -0.1) is 0 Å². The lowest BCUT2D eigenvalue weighted by atomic mass is 9.90. The molecule has 4 rings (SSSR count). The SMILES string of the molecule is COc1ccc(S(=O)N2CCC(c3ccc(C(F)(F)F)cc3)CC2)c(C(=O)NOC2CCCCO2)c1OC. The Bertz CT molecular complexity index is 1130. The molecule has 2 atom stereocenters. The topological polar surface area (TPSA) is 86.3 Å². The number of ether oxygens (including phenoxy) is 3. The second-order valence-corrected chi connectivity index (χ2v) is 10.5. The summed E-state index contributed by atoms with van der Waals surface area (Å²) in [6.45, 7) is 1.40. The van der Waals surface area contributed by atoms with Crippen LogP contribution in [0.2, 0.25) is 0 Å². The van der Waals surface area contributed by atoms with Crippen LogP contribution in [0.15, 0.2) is 41.3 Å². The van der Waals surface area contributed by atoms with Crippen molar-refractivity contribution in [3.8, 4) is 11.5 Å². The highest BCUT2D eigenvalue weighted by atomic mass is 32.2. The van der Waals surface area contributed by atoms with Crippen LogP contribution in [0.4, 0.5) is 13.2 Å². The summed E-state index contributed by atoms with van der Waals surface area (Å²) in [5.41, 5.74) is 2.57. The maximum Gasteiger partial charge on any atom is 0.416 e. The Kier molecular flexibility index (Phi) is 9.29. The standard InChI is InChI=1S/C26H31F3N2O6S/c1-34-20-10-11-21(23(24(20)35-2)25(32)30-37-22-5-3-4-16-36-22)38(33)31-14-12-18(13-15-31)17-6-8-19(9-7-17)26(27,28)29/h6-11,18,22H,3-5,12-16H2,1-2H3,(H,30,32). The predicted octanol–water partition coefficient (Wildman–Crippen LogP) is 4.81. The summed E-state index contributed by atoms with van der Waals surface area (Å²) in [5.74, 6) is -0.169. The Labute approximate surface area is 221 Å². The molecule has 0 bridgehead atoms. The number of nitrogens with zero attached hydrogens (tertiary/aromatic N) is 1. The van der Waals surface area contributed by atoms with E-state index < -0.39 is 34.9 Å². The van der Waals surface area contributed by atoms with Crippen LogP contribution < -0.4 is 15.0 Å². The van der Waals surface area contributed by atoms with Gasteiger partial charge in [0, 0.05) is 26.1 Å². The zero-order chi connectivity index (χ0) is 27.3. The molecule has 0 aliphatic carbocycles. The number of hydrogen-bond donors (Lipinski definition) is 1. The molecule has 2 heterocycles. The number of piperidine rings is 1. The lowest BCUT2D eigenvalue weighted by Gasteiger charge is -2.31. The second kappa shape index (κ2) is 12.5. The summed E-state index contributed by atoms with van der Waals surface area (Å²) >= 11 is 0. The van der Waals surface area contributed by atoms with Crippen LogP contribution in [0.25, 0.3) is 0 Å². The first kappa shape index (κ1) is 28.3. The van der Waals surface area contributed by atoms with E-state index in [1.807, 2.05) is 0 Å². The number of carbonyl (C=O) groups excluding carboxylic acids is 1. The van der Waals surface area contributed by atoms with E-state index in [9.17, 15) is 22.2 Å². The minimum absolute atomic E-state index is 0.0332. The van der Waals surface area contributed by atoms with Crippen molar-refractivity contribution in [2.24, 2.45) is 0 Å². The first-order valence-electron chi connectivity index (χ1n) is 12.4.